The van der Waals surface area contributed by atoms with Crippen molar-refractivity contribution in [3.8, 4) is 5.75 Å². The van der Waals surface area contributed by atoms with Gasteiger partial charge < -0.3 is 13.9 Å². The van der Waals surface area contributed by atoms with Crippen molar-refractivity contribution in [2.24, 2.45) is 0 Å². The van der Waals surface area contributed by atoms with Crippen LogP contribution in [0.5, 0.6) is 5.75 Å². The minimum atomic E-state index is -1.95. The molecule has 1 aliphatic heterocycles. The third kappa shape index (κ3) is 3.12. The highest BCUT2D eigenvalue weighted by atomic mass is 28.4. The molecule has 1 aromatic carbocycles. The van der Waals surface area contributed by atoms with E-state index in [-0.39, 0.29) is 17.1 Å². The summed E-state index contributed by atoms with van der Waals surface area (Å²) in [4.78, 5) is 16.8. The first-order valence-corrected chi connectivity index (χ1v) is 11.8. The van der Waals surface area contributed by atoms with Gasteiger partial charge in [-0.15, -0.1) is 0 Å². The number of carbonyl (C=O) groups excluding carboxylic acids is 1. The van der Waals surface area contributed by atoms with E-state index < -0.39 is 8.32 Å². The van der Waals surface area contributed by atoms with Crippen LogP contribution in [-0.4, -0.2) is 26.4 Å². The second-order valence-electron chi connectivity index (χ2n) is 8.33. The van der Waals surface area contributed by atoms with Gasteiger partial charge in [0.2, 0.25) is 0 Å². The maximum atomic E-state index is 12.2. The van der Waals surface area contributed by atoms with Crippen LogP contribution in [0.25, 0.3) is 10.9 Å². The number of nitrogens with zero attached hydrogens (tertiary/aromatic N) is 1. The van der Waals surface area contributed by atoms with E-state index in [0.717, 1.165) is 27.8 Å². The summed E-state index contributed by atoms with van der Waals surface area (Å²) >= 11 is 0. The van der Waals surface area contributed by atoms with E-state index in [1.807, 2.05) is 25.1 Å². The third-order valence-corrected chi connectivity index (χ3v) is 10.1. The Balaban J connectivity index is 2.15. The molecule has 5 nitrogen and oxygen atoms in total. The molecule has 3 rings (SSSR count). The molecular weight excluding hydrogens is 346 g/mol. The Kier molecular flexibility index (Phi) is 4.61. The van der Waals surface area contributed by atoms with Crippen molar-refractivity contribution < 1.29 is 18.7 Å². The Morgan fingerprint density at radius 1 is 1.27 bits per heavy atom. The van der Waals surface area contributed by atoms with E-state index in [9.17, 15) is 4.79 Å². The van der Waals surface area contributed by atoms with Crippen molar-refractivity contribution in [3.05, 3.63) is 35.0 Å². The first-order chi connectivity index (χ1) is 12.0. The van der Waals surface area contributed by atoms with Gasteiger partial charge >= 0.3 is 5.97 Å². The summed E-state index contributed by atoms with van der Waals surface area (Å²) in [6.07, 6.45) is -0.321. The largest absolute Gasteiger partial charge is 0.497 e. The molecule has 0 saturated heterocycles. The fraction of sp³-hybridized carbons (Fsp3) is 0.500. The highest BCUT2D eigenvalue weighted by molar-refractivity contribution is 6.74. The summed E-state index contributed by atoms with van der Waals surface area (Å²) < 4.78 is 17.3. The normalized spacial score (nSPS) is 17.3. The Morgan fingerprint density at radius 3 is 2.58 bits per heavy atom. The van der Waals surface area contributed by atoms with Crippen LogP contribution in [-0.2, 0) is 15.8 Å². The number of fused-ring (bicyclic) bond motifs is 2. The van der Waals surface area contributed by atoms with Crippen LogP contribution in [0.4, 0.5) is 0 Å². The van der Waals surface area contributed by atoms with Crippen LogP contribution in [0.15, 0.2) is 18.2 Å². The van der Waals surface area contributed by atoms with Gasteiger partial charge in [0.1, 0.15) is 11.9 Å². The zero-order valence-corrected chi connectivity index (χ0v) is 17.6. The van der Waals surface area contributed by atoms with Gasteiger partial charge in [0.15, 0.2) is 14.0 Å². The van der Waals surface area contributed by atoms with E-state index in [1.165, 1.54) is 0 Å². The van der Waals surface area contributed by atoms with Gasteiger partial charge in [0, 0.05) is 10.9 Å². The maximum absolute atomic E-state index is 12.2. The minimum absolute atomic E-state index is 0.106. The van der Waals surface area contributed by atoms with Crippen molar-refractivity contribution in [2.45, 2.75) is 58.5 Å². The van der Waals surface area contributed by atoms with Crippen LogP contribution in [0.2, 0.25) is 18.1 Å². The van der Waals surface area contributed by atoms with E-state index in [2.05, 4.69) is 38.8 Å². The number of methoxy groups -OCH3 is 1. The molecule has 2 aromatic rings. The summed E-state index contributed by atoms with van der Waals surface area (Å²) in [6.45, 7) is 13.4. The molecule has 2 heterocycles. The molecule has 1 aliphatic rings. The Labute approximate surface area is 155 Å². The second-order valence-corrected chi connectivity index (χ2v) is 13.1. The van der Waals surface area contributed by atoms with Gasteiger partial charge in [-0.2, -0.15) is 0 Å². The molecule has 0 bridgehead atoms. The lowest BCUT2D eigenvalue weighted by atomic mass is 9.98. The number of ether oxygens (including phenoxy) is 2. The number of hydrogen-bond acceptors (Lipinski definition) is 5. The number of rotatable bonds is 4. The lowest BCUT2D eigenvalue weighted by Gasteiger charge is -2.36. The molecule has 26 heavy (non-hydrogen) atoms. The van der Waals surface area contributed by atoms with Crippen molar-refractivity contribution in [1.82, 2.24) is 4.98 Å². The molecular formula is C20H27NO4Si. The van der Waals surface area contributed by atoms with Gasteiger partial charge in [0.25, 0.3) is 0 Å². The van der Waals surface area contributed by atoms with E-state index in [1.54, 1.807) is 7.11 Å². The number of hydrogen-bond donors (Lipinski definition) is 0. The molecule has 0 saturated carbocycles. The number of carbonyl (C=O) groups is 1. The lowest BCUT2D eigenvalue weighted by Crippen LogP contribution is -2.40. The predicted molar refractivity (Wildman–Crippen MR) is 104 cm³/mol. The molecule has 6 heteroatoms. The smallest absolute Gasteiger partial charge is 0.357 e. The quantitative estimate of drug-likeness (QED) is 0.558. The van der Waals surface area contributed by atoms with Gasteiger partial charge in [-0.25, -0.2) is 9.78 Å². The summed E-state index contributed by atoms with van der Waals surface area (Å²) in [5, 5.41) is 1.06. The van der Waals surface area contributed by atoms with Crippen molar-refractivity contribution >= 4 is 25.2 Å². The number of cyclic esters (lactones) is 1. The predicted octanol–water partition coefficient (Wildman–Crippen LogP) is 5.00. The van der Waals surface area contributed by atoms with Crippen molar-refractivity contribution in [2.75, 3.05) is 7.11 Å². The summed E-state index contributed by atoms with van der Waals surface area (Å²) in [6, 6.07) is 5.69. The monoisotopic (exact) mass is 373 g/mol. The highest BCUT2D eigenvalue weighted by Gasteiger charge is 2.39. The molecule has 1 unspecified atom stereocenters. The van der Waals surface area contributed by atoms with Crippen molar-refractivity contribution in [3.63, 3.8) is 0 Å². The summed E-state index contributed by atoms with van der Waals surface area (Å²) in [5.41, 5.74) is 2.98. The van der Waals surface area contributed by atoms with Gasteiger partial charge in [0.05, 0.1) is 19.2 Å². The Bertz CT molecular complexity index is 870. The highest BCUT2D eigenvalue weighted by Crippen LogP contribution is 2.40. The molecule has 0 spiro atoms. The Hall–Kier alpha value is -1.92. The van der Waals surface area contributed by atoms with Gasteiger partial charge in [-0.3, -0.25) is 0 Å². The molecule has 0 N–H and O–H groups in total. The number of benzene rings is 1. The minimum Gasteiger partial charge on any atom is -0.497 e. The van der Waals surface area contributed by atoms with Gasteiger partial charge in [-0.05, 0) is 48.8 Å². The lowest BCUT2D eigenvalue weighted by molar-refractivity contribution is 0.0416. The summed E-state index contributed by atoms with van der Waals surface area (Å²) in [7, 11) is -0.304. The molecule has 1 aromatic heterocycles. The number of esters is 1. The van der Waals surface area contributed by atoms with Crippen LogP contribution >= 0.6 is 0 Å². The average Bonchev–Trinajstić information content (AvgIpc) is 2.84. The van der Waals surface area contributed by atoms with Crippen LogP contribution in [0.3, 0.4) is 0 Å². The third-order valence-electron chi connectivity index (χ3n) is 5.61. The standard InChI is InChI=1S/C20H27NO4Si/c1-12-17-15(11-24-26(6,7)20(2,3)4)14-10-13(23-5)8-9-16(14)21-18(17)19(22)25-12/h8-10,12H,11H2,1-7H3. The zero-order valence-electron chi connectivity index (χ0n) is 16.6. The zero-order chi connectivity index (χ0) is 19.3. The van der Waals surface area contributed by atoms with Crippen molar-refractivity contribution in [1.29, 1.82) is 0 Å². The number of pyridine rings is 1. The topological polar surface area (TPSA) is 57.6 Å². The molecule has 0 amide bonds. The molecule has 0 fully saturated rings. The maximum Gasteiger partial charge on any atom is 0.357 e. The summed E-state index contributed by atoms with van der Waals surface area (Å²) in [5.74, 6) is 0.393. The first-order valence-electron chi connectivity index (χ1n) is 8.90. The van der Waals surface area contributed by atoms with Crippen LogP contribution in [0, 0.1) is 0 Å². The fourth-order valence-corrected chi connectivity index (χ4v) is 3.88. The molecule has 140 valence electrons. The van der Waals surface area contributed by atoms with Crippen LogP contribution < -0.4 is 4.74 Å². The van der Waals surface area contributed by atoms with Gasteiger partial charge in [-0.1, -0.05) is 20.8 Å². The average molecular weight is 374 g/mol. The number of aromatic nitrogens is 1. The van der Waals surface area contributed by atoms with E-state index in [0.29, 0.717) is 12.3 Å². The second kappa shape index (κ2) is 6.35. The fourth-order valence-electron chi connectivity index (χ4n) is 2.94. The SMILES string of the molecule is COc1ccc2nc3c(c(CO[Si](C)(C)C(C)(C)C)c2c1)C(C)OC3=O. The molecule has 0 radical (unpaired) electrons. The molecule has 1 atom stereocenters. The first kappa shape index (κ1) is 18.9. The molecule has 0 aliphatic carbocycles. The van der Waals surface area contributed by atoms with E-state index >= 15 is 0 Å². The Morgan fingerprint density at radius 2 is 1.96 bits per heavy atom. The van der Waals surface area contributed by atoms with E-state index in [4.69, 9.17) is 13.9 Å². The van der Waals surface area contributed by atoms with Crippen LogP contribution in [0.1, 0.15) is 55.4 Å².